The fourth-order valence-corrected chi connectivity index (χ4v) is 13.5. The predicted octanol–water partition coefficient (Wildman–Crippen LogP) is 4.72. The minimum absolute atomic E-state index is 0.0705. The fraction of sp³-hybridized carbons (Fsp3) is 0.857. The van der Waals surface area contributed by atoms with Crippen LogP contribution in [0.4, 0.5) is 0 Å². The maximum absolute atomic E-state index is 2.45. The van der Waals surface area contributed by atoms with E-state index in [0.717, 1.165) is 0 Å². The molecule has 0 bridgehead atoms. The number of rotatable bonds is 8. The normalized spacial score (nSPS) is 12.4. The first-order chi connectivity index (χ1) is 7.65. The van der Waals surface area contributed by atoms with Gasteiger partial charge < -0.3 is 0 Å². The summed E-state index contributed by atoms with van der Waals surface area (Å²) in [5, 5.41) is 0. The number of allylic oxidation sites excluding steroid dienone is 1. The van der Waals surface area contributed by atoms with E-state index in [0.29, 0.717) is 0 Å². The average molecular weight is 257 g/mol. The van der Waals surface area contributed by atoms with E-state index in [1.165, 1.54) is 37.0 Å². The molecule has 0 aromatic carbocycles. The molecule has 0 unspecified atom stereocenters. The van der Waals surface area contributed by atoms with E-state index < -0.39 is 8.07 Å². The Kier molecular flexibility index (Phi) is 8.38. The van der Waals surface area contributed by atoms with Crippen LogP contribution in [-0.4, -0.2) is 17.6 Å². The van der Waals surface area contributed by atoms with Gasteiger partial charge >= 0.3 is 0 Å². The first-order valence-electron chi connectivity index (χ1n) is 7.36. The van der Waals surface area contributed by atoms with E-state index in [2.05, 4.69) is 46.4 Å². The van der Waals surface area contributed by atoms with Crippen LogP contribution >= 0.6 is 0 Å². The van der Waals surface area contributed by atoms with Crippen molar-refractivity contribution in [3.8, 4) is 0 Å². The summed E-state index contributed by atoms with van der Waals surface area (Å²) in [5.41, 5.74) is 1.85. The lowest BCUT2D eigenvalue weighted by atomic mass is 10.2. The molecule has 0 aliphatic rings. The van der Waals surface area contributed by atoms with E-state index in [9.17, 15) is 0 Å². The van der Waals surface area contributed by atoms with Gasteiger partial charge in [-0.05, 0) is 12.8 Å². The van der Waals surface area contributed by atoms with Crippen molar-refractivity contribution >= 4 is 17.6 Å². The van der Waals surface area contributed by atoms with E-state index in [-0.39, 0.29) is 9.52 Å². The summed E-state index contributed by atoms with van der Waals surface area (Å²) in [6.45, 7) is 14.5. The third kappa shape index (κ3) is 3.59. The minimum atomic E-state index is -1.03. The van der Waals surface area contributed by atoms with Crippen molar-refractivity contribution in [2.45, 2.75) is 78.6 Å². The lowest BCUT2D eigenvalue weighted by Crippen LogP contribution is -2.38. The molecule has 2 heteroatoms. The maximum Gasteiger partial charge on any atom is 0.0757 e. The van der Waals surface area contributed by atoms with Gasteiger partial charge in [-0.1, -0.05) is 76.1 Å². The second kappa shape index (κ2) is 8.29. The van der Waals surface area contributed by atoms with Crippen LogP contribution in [0.1, 0.15) is 54.4 Å². The molecule has 0 fully saturated rings. The van der Waals surface area contributed by atoms with Gasteiger partial charge in [-0.15, -0.1) is 0 Å². The van der Waals surface area contributed by atoms with Gasteiger partial charge in [0.25, 0.3) is 0 Å². The average Bonchev–Trinajstić information content (AvgIpc) is 2.33. The molecule has 0 nitrogen and oxygen atoms in total. The molecule has 0 saturated heterocycles. The van der Waals surface area contributed by atoms with Gasteiger partial charge in [-0.3, -0.25) is 0 Å². The van der Waals surface area contributed by atoms with E-state index in [4.69, 9.17) is 0 Å². The maximum atomic E-state index is 2.45. The van der Waals surface area contributed by atoms with Gasteiger partial charge in [-0.25, -0.2) is 0 Å². The van der Waals surface area contributed by atoms with Crippen LogP contribution in [0.25, 0.3) is 0 Å². The summed E-state index contributed by atoms with van der Waals surface area (Å²) in [7, 11) is -0.961. The van der Waals surface area contributed by atoms with Crippen molar-refractivity contribution < 1.29 is 0 Å². The minimum Gasteiger partial charge on any atom is -0.0972 e. The highest BCUT2D eigenvalue weighted by Gasteiger charge is 2.31. The molecule has 0 amide bonds. The van der Waals surface area contributed by atoms with Crippen LogP contribution in [0.15, 0.2) is 10.4 Å². The molecular formula is C14H32Si2. The molecule has 0 saturated carbocycles. The Bertz CT molecular complexity index is 201. The Morgan fingerprint density at radius 1 is 0.812 bits per heavy atom. The first kappa shape index (κ1) is 16.2. The van der Waals surface area contributed by atoms with Crippen LogP contribution in [0, 0.1) is 0 Å². The summed E-state index contributed by atoms with van der Waals surface area (Å²) < 4.78 is 0. The molecule has 0 atom stereocenters. The Labute approximate surface area is 107 Å². The zero-order valence-corrected chi connectivity index (χ0v) is 14.9. The zero-order chi connectivity index (χ0) is 12.6. The van der Waals surface area contributed by atoms with Crippen molar-refractivity contribution in [2.75, 3.05) is 0 Å². The molecule has 0 N–H and O–H groups in total. The molecule has 0 aromatic rings. The molecule has 0 rings (SSSR count). The highest BCUT2D eigenvalue weighted by Crippen LogP contribution is 2.32. The van der Waals surface area contributed by atoms with E-state index in [1.54, 1.807) is 0 Å². The van der Waals surface area contributed by atoms with E-state index in [1.807, 2.05) is 5.57 Å². The van der Waals surface area contributed by atoms with Gasteiger partial charge in [0.2, 0.25) is 0 Å². The predicted molar refractivity (Wildman–Crippen MR) is 83.8 cm³/mol. The Morgan fingerprint density at radius 3 is 1.50 bits per heavy atom. The van der Waals surface area contributed by atoms with Gasteiger partial charge in [0.1, 0.15) is 0 Å². The summed E-state index contributed by atoms with van der Waals surface area (Å²) in [4.78, 5) is 2.08. The summed E-state index contributed by atoms with van der Waals surface area (Å²) in [6.07, 6.45) is 2.63. The lowest BCUT2D eigenvalue weighted by molar-refractivity contribution is 0.969. The standard InChI is InChI=1S/C14H32Si2/c1-7-13(8-2)14(15-9-3)16(10-4,11-5)12-6/h7-12,15H2,1-6H3. The highest BCUT2D eigenvalue weighted by atomic mass is 28.4. The Balaban J connectivity index is 5.36. The van der Waals surface area contributed by atoms with Gasteiger partial charge in [0.15, 0.2) is 0 Å². The van der Waals surface area contributed by atoms with Gasteiger partial charge in [-0.2, -0.15) is 0 Å². The molecule has 0 aliphatic heterocycles. The number of hydrogen-bond donors (Lipinski definition) is 0. The molecule has 0 radical (unpaired) electrons. The zero-order valence-electron chi connectivity index (χ0n) is 12.4. The van der Waals surface area contributed by atoms with Crippen LogP contribution in [0.2, 0.25) is 24.2 Å². The summed E-state index contributed by atoms with van der Waals surface area (Å²) in [5.74, 6) is 0. The van der Waals surface area contributed by atoms with E-state index >= 15 is 0 Å². The molecular weight excluding hydrogens is 224 g/mol. The third-order valence-corrected chi connectivity index (χ3v) is 14.6. The Hall–Kier alpha value is 0.174. The quantitative estimate of drug-likeness (QED) is 0.552. The molecule has 16 heavy (non-hydrogen) atoms. The molecule has 0 aromatic heterocycles. The smallest absolute Gasteiger partial charge is 0.0757 e. The molecule has 0 spiro atoms. The second-order valence-corrected chi connectivity index (χ2v) is 13.1. The van der Waals surface area contributed by atoms with Crippen LogP contribution < -0.4 is 0 Å². The number of hydrogen-bond acceptors (Lipinski definition) is 0. The summed E-state index contributed by atoms with van der Waals surface area (Å²) >= 11 is 0. The van der Waals surface area contributed by atoms with Gasteiger partial charge in [0.05, 0.1) is 8.07 Å². The summed E-state index contributed by atoms with van der Waals surface area (Å²) in [6, 6.07) is 5.90. The van der Waals surface area contributed by atoms with Crippen molar-refractivity contribution in [3.63, 3.8) is 0 Å². The molecule has 0 heterocycles. The van der Waals surface area contributed by atoms with Crippen LogP contribution in [0.3, 0.4) is 0 Å². The molecule has 96 valence electrons. The lowest BCUT2D eigenvalue weighted by Gasteiger charge is -2.34. The van der Waals surface area contributed by atoms with Crippen molar-refractivity contribution in [2.24, 2.45) is 0 Å². The second-order valence-electron chi connectivity index (χ2n) is 4.88. The topological polar surface area (TPSA) is 0 Å². The first-order valence-corrected chi connectivity index (χ1v) is 11.7. The van der Waals surface area contributed by atoms with Crippen molar-refractivity contribution in [1.82, 2.24) is 0 Å². The third-order valence-electron chi connectivity index (χ3n) is 4.45. The van der Waals surface area contributed by atoms with Crippen LogP contribution in [-0.2, 0) is 0 Å². The SMILES string of the molecule is CC[SiH2]C(=C(CC)CC)[Si](CC)(CC)CC. The monoisotopic (exact) mass is 256 g/mol. The molecule has 0 aliphatic carbocycles. The van der Waals surface area contributed by atoms with Crippen molar-refractivity contribution in [3.05, 3.63) is 10.4 Å². The largest absolute Gasteiger partial charge is 0.0972 e. The van der Waals surface area contributed by atoms with Crippen molar-refractivity contribution in [1.29, 1.82) is 0 Å². The Morgan fingerprint density at radius 2 is 1.25 bits per heavy atom. The van der Waals surface area contributed by atoms with Gasteiger partial charge in [0, 0.05) is 9.52 Å². The fourth-order valence-electron chi connectivity index (χ4n) is 3.13. The van der Waals surface area contributed by atoms with Crippen LogP contribution in [0.5, 0.6) is 0 Å². The highest BCUT2D eigenvalue weighted by molar-refractivity contribution is 6.95.